The van der Waals surface area contributed by atoms with Gasteiger partial charge in [0.2, 0.25) is 5.91 Å². The van der Waals surface area contributed by atoms with Crippen molar-refractivity contribution < 1.29 is 9.21 Å². The van der Waals surface area contributed by atoms with Crippen LogP contribution in [0.5, 0.6) is 0 Å². The van der Waals surface area contributed by atoms with Crippen LogP contribution in [0.2, 0.25) is 0 Å². The Labute approximate surface area is 111 Å². The van der Waals surface area contributed by atoms with Crippen LogP contribution in [-0.4, -0.2) is 12.5 Å². The summed E-state index contributed by atoms with van der Waals surface area (Å²) in [5.41, 5.74) is 8.28. The van der Waals surface area contributed by atoms with Gasteiger partial charge in [-0.2, -0.15) is 0 Å². The molecule has 0 radical (unpaired) electrons. The smallest absolute Gasteiger partial charge is 0.227 e. The van der Waals surface area contributed by atoms with E-state index in [0.717, 1.165) is 12.1 Å². The molecule has 4 nitrogen and oxygen atoms in total. The van der Waals surface area contributed by atoms with E-state index in [4.69, 9.17) is 10.2 Å². The highest BCUT2D eigenvalue weighted by Crippen LogP contribution is 2.28. The van der Waals surface area contributed by atoms with Gasteiger partial charge in [0.05, 0.1) is 12.3 Å². The third kappa shape index (κ3) is 2.27. The van der Waals surface area contributed by atoms with Crippen LogP contribution >= 0.6 is 0 Å². The molecule has 0 saturated carbocycles. The average molecular weight is 256 g/mol. The lowest BCUT2D eigenvalue weighted by Gasteiger charge is -2.30. The van der Waals surface area contributed by atoms with E-state index in [2.05, 4.69) is 6.07 Å². The van der Waals surface area contributed by atoms with Gasteiger partial charge in [-0.05, 0) is 30.2 Å². The Morgan fingerprint density at radius 2 is 2.05 bits per heavy atom. The topological polar surface area (TPSA) is 59.5 Å². The van der Waals surface area contributed by atoms with Gasteiger partial charge in [-0.15, -0.1) is 0 Å². The Morgan fingerprint density at radius 3 is 2.84 bits per heavy atom. The molecule has 1 aromatic heterocycles. The first-order valence-corrected chi connectivity index (χ1v) is 6.43. The SMILES string of the molecule is NC(CN1C(=O)CCc2ccccc21)c1ccco1. The normalized spacial score (nSPS) is 16.3. The zero-order chi connectivity index (χ0) is 13.2. The highest BCUT2D eigenvalue weighted by atomic mass is 16.3. The summed E-state index contributed by atoms with van der Waals surface area (Å²) >= 11 is 0. The lowest BCUT2D eigenvalue weighted by Crippen LogP contribution is -2.40. The molecule has 2 N–H and O–H groups in total. The Morgan fingerprint density at radius 1 is 1.21 bits per heavy atom. The minimum Gasteiger partial charge on any atom is -0.468 e. The second-order valence-electron chi connectivity index (χ2n) is 4.75. The molecule has 0 aliphatic carbocycles. The molecule has 0 spiro atoms. The number of hydrogen-bond acceptors (Lipinski definition) is 3. The van der Waals surface area contributed by atoms with Crippen LogP contribution in [0.3, 0.4) is 0 Å². The van der Waals surface area contributed by atoms with Gasteiger partial charge in [0.25, 0.3) is 0 Å². The standard InChI is InChI=1S/C15H16N2O2/c16-12(14-6-3-9-19-14)10-17-13-5-2-1-4-11(13)7-8-15(17)18/h1-6,9,12H,7-8,10,16H2. The van der Waals surface area contributed by atoms with Crippen molar-refractivity contribution in [1.29, 1.82) is 0 Å². The summed E-state index contributed by atoms with van der Waals surface area (Å²) in [5, 5.41) is 0. The second-order valence-corrected chi connectivity index (χ2v) is 4.75. The number of rotatable bonds is 3. The lowest BCUT2D eigenvalue weighted by atomic mass is 10.0. The van der Waals surface area contributed by atoms with Gasteiger partial charge in [0, 0.05) is 18.7 Å². The molecule has 98 valence electrons. The van der Waals surface area contributed by atoms with Crippen LogP contribution in [0.1, 0.15) is 23.8 Å². The summed E-state index contributed by atoms with van der Waals surface area (Å²) in [5.74, 6) is 0.830. The first-order valence-electron chi connectivity index (χ1n) is 6.43. The summed E-state index contributed by atoms with van der Waals surface area (Å²) in [6.45, 7) is 0.448. The van der Waals surface area contributed by atoms with Crippen molar-refractivity contribution in [2.75, 3.05) is 11.4 Å². The summed E-state index contributed by atoms with van der Waals surface area (Å²) in [7, 11) is 0. The second kappa shape index (κ2) is 4.90. The molecule has 19 heavy (non-hydrogen) atoms. The third-order valence-corrected chi connectivity index (χ3v) is 3.48. The summed E-state index contributed by atoms with van der Waals surface area (Å²) in [4.78, 5) is 13.9. The molecule has 0 bridgehead atoms. The minimum absolute atomic E-state index is 0.126. The molecule has 1 aliphatic rings. The number of amides is 1. The first-order chi connectivity index (χ1) is 9.25. The van der Waals surface area contributed by atoms with Gasteiger partial charge >= 0.3 is 0 Å². The van der Waals surface area contributed by atoms with Crippen molar-refractivity contribution in [2.45, 2.75) is 18.9 Å². The number of furan rings is 1. The van der Waals surface area contributed by atoms with E-state index in [-0.39, 0.29) is 11.9 Å². The zero-order valence-corrected chi connectivity index (χ0v) is 10.6. The van der Waals surface area contributed by atoms with Crippen LogP contribution in [0.25, 0.3) is 0 Å². The number of anilines is 1. The quantitative estimate of drug-likeness (QED) is 0.916. The highest BCUT2D eigenvalue weighted by molar-refractivity contribution is 5.96. The number of para-hydroxylation sites is 1. The largest absolute Gasteiger partial charge is 0.468 e. The monoisotopic (exact) mass is 256 g/mol. The number of aryl methyl sites for hydroxylation is 1. The van der Waals surface area contributed by atoms with Crippen LogP contribution in [-0.2, 0) is 11.2 Å². The molecule has 1 atom stereocenters. The number of nitrogens with two attached hydrogens (primary N) is 1. The number of nitrogens with zero attached hydrogens (tertiary/aromatic N) is 1. The van der Waals surface area contributed by atoms with Crippen molar-refractivity contribution in [3.05, 3.63) is 54.0 Å². The van der Waals surface area contributed by atoms with Crippen LogP contribution in [0, 0.1) is 0 Å². The van der Waals surface area contributed by atoms with Crippen molar-refractivity contribution in [3.8, 4) is 0 Å². The Hall–Kier alpha value is -2.07. The highest BCUT2D eigenvalue weighted by Gasteiger charge is 2.26. The number of carbonyl (C=O) groups excluding carboxylic acids is 1. The number of carbonyl (C=O) groups is 1. The van der Waals surface area contributed by atoms with Crippen molar-refractivity contribution in [1.82, 2.24) is 0 Å². The molecule has 1 amide bonds. The Kier molecular flexibility index (Phi) is 3.09. The van der Waals surface area contributed by atoms with Crippen molar-refractivity contribution in [2.24, 2.45) is 5.73 Å². The van der Waals surface area contributed by atoms with Gasteiger partial charge in [0.15, 0.2) is 0 Å². The number of hydrogen-bond donors (Lipinski definition) is 1. The van der Waals surface area contributed by atoms with Crippen LogP contribution < -0.4 is 10.6 Å². The zero-order valence-electron chi connectivity index (χ0n) is 10.6. The fourth-order valence-electron chi connectivity index (χ4n) is 2.49. The molecule has 4 heteroatoms. The van der Waals surface area contributed by atoms with E-state index >= 15 is 0 Å². The predicted molar refractivity (Wildman–Crippen MR) is 72.8 cm³/mol. The molecule has 2 aromatic rings. The molecule has 1 unspecified atom stereocenters. The van der Waals surface area contributed by atoms with Gasteiger partial charge in [-0.1, -0.05) is 18.2 Å². The van der Waals surface area contributed by atoms with E-state index < -0.39 is 0 Å². The maximum Gasteiger partial charge on any atom is 0.227 e. The van der Waals surface area contributed by atoms with Gasteiger partial charge < -0.3 is 15.1 Å². The molecule has 0 saturated heterocycles. The van der Waals surface area contributed by atoms with Crippen LogP contribution in [0.4, 0.5) is 5.69 Å². The van der Waals surface area contributed by atoms with E-state index in [1.807, 2.05) is 24.3 Å². The van der Waals surface area contributed by atoms with E-state index in [1.54, 1.807) is 17.2 Å². The Balaban J connectivity index is 1.86. The van der Waals surface area contributed by atoms with Gasteiger partial charge in [-0.3, -0.25) is 4.79 Å². The number of benzene rings is 1. The molecule has 0 fully saturated rings. The Bertz CT molecular complexity index is 578. The minimum atomic E-state index is -0.301. The predicted octanol–water partition coefficient (Wildman–Crippen LogP) is 2.26. The van der Waals surface area contributed by atoms with E-state index in [9.17, 15) is 4.79 Å². The molecule has 3 rings (SSSR count). The number of fused-ring (bicyclic) bond motifs is 1. The summed E-state index contributed by atoms with van der Waals surface area (Å²) < 4.78 is 5.30. The maximum absolute atomic E-state index is 12.1. The van der Waals surface area contributed by atoms with Crippen molar-refractivity contribution in [3.63, 3.8) is 0 Å². The van der Waals surface area contributed by atoms with Gasteiger partial charge in [0.1, 0.15) is 5.76 Å². The average Bonchev–Trinajstić information content (AvgIpc) is 2.96. The first kappa shape index (κ1) is 12.0. The maximum atomic E-state index is 12.1. The molecular weight excluding hydrogens is 240 g/mol. The van der Waals surface area contributed by atoms with E-state index in [1.165, 1.54) is 5.56 Å². The fraction of sp³-hybridized carbons (Fsp3) is 0.267. The lowest BCUT2D eigenvalue weighted by molar-refractivity contribution is -0.119. The van der Waals surface area contributed by atoms with Crippen LogP contribution in [0.15, 0.2) is 47.1 Å². The molecule has 2 heterocycles. The molecule has 1 aromatic carbocycles. The fourth-order valence-corrected chi connectivity index (χ4v) is 2.49. The van der Waals surface area contributed by atoms with Crippen molar-refractivity contribution >= 4 is 11.6 Å². The summed E-state index contributed by atoms with van der Waals surface area (Å²) in [6, 6.07) is 11.3. The molecular formula is C15H16N2O2. The van der Waals surface area contributed by atoms with E-state index in [0.29, 0.717) is 18.7 Å². The summed E-state index contributed by atoms with van der Waals surface area (Å²) in [6.07, 6.45) is 2.95. The van der Waals surface area contributed by atoms with Gasteiger partial charge in [-0.25, -0.2) is 0 Å². The molecule has 1 aliphatic heterocycles. The third-order valence-electron chi connectivity index (χ3n) is 3.48.